The Hall–Kier alpha value is -1.10. The Morgan fingerprint density at radius 3 is 2.32 bits per heavy atom. The third kappa shape index (κ3) is 6.05. The molecular weight excluding hydrogens is 242 g/mol. The Balaban J connectivity index is 2.26. The van der Waals surface area contributed by atoms with E-state index in [-0.39, 0.29) is 23.9 Å². The molecule has 0 unspecified atom stereocenters. The van der Waals surface area contributed by atoms with Crippen molar-refractivity contribution in [3.8, 4) is 0 Å². The summed E-state index contributed by atoms with van der Waals surface area (Å²) in [5.74, 6) is 0.0847. The standard InChI is InChI=1S/C14H27N3O2/c1-14(2,3)15-8-7-12(18)16(4)11-13(19)17-9-5-6-10-17/h15H,5-11H2,1-4H3. The van der Waals surface area contributed by atoms with E-state index in [0.717, 1.165) is 25.9 Å². The smallest absolute Gasteiger partial charge is 0.242 e. The van der Waals surface area contributed by atoms with Crippen molar-refractivity contribution in [3.63, 3.8) is 0 Å². The topological polar surface area (TPSA) is 52.7 Å². The van der Waals surface area contributed by atoms with E-state index >= 15 is 0 Å². The molecule has 19 heavy (non-hydrogen) atoms. The van der Waals surface area contributed by atoms with Gasteiger partial charge in [-0.25, -0.2) is 0 Å². The number of carbonyl (C=O) groups excluding carboxylic acids is 2. The largest absolute Gasteiger partial charge is 0.341 e. The van der Waals surface area contributed by atoms with E-state index in [1.54, 1.807) is 7.05 Å². The summed E-state index contributed by atoms with van der Waals surface area (Å²) < 4.78 is 0. The molecule has 110 valence electrons. The molecule has 0 aliphatic carbocycles. The van der Waals surface area contributed by atoms with E-state index < -0.39 is 0 Å². The van der Waals surface area contributed by atoms with Crippen molar-refractivity contribution < 1.29 is 9.59 Å². The predicted octanol–water partition coefficient (Wildman–Crippen LogP) is 0.845. The van der Waals surface area contributed by atoms with Gasteiger partial charge in [0, 0.05) is 38.6 Å². The second-order valence-electron chi connectivity index (χ2n) is 6.26. The Bertz CT molecular complexity index is 317. The van der Waals surface area contributed by atoms with Gasteiger partial charge in [0.1, 0.15) is 0 Å². The molecule has 0 bridgehead atoms. The van der Waals surface area contributed by atoms with Crippen LogP contribution in [0, 0.1) is 0 Å². The fourth-order valence-corrected chi connectivity index (χ4v) is 2.09. The van der Waals surface area contributed by atoms with Gasteiger partial charge >= 0.3 is 0 Å². The van der Waals surface area contributed by atoms with E-state index in [1.807, 2.05) is 4.90 Å². The summed E-state index contributed by atoms with van der Waals surface area (Å²) >= 11 is 0. The van der Waals surface area contributed by atoms with Crippen LogP contribution in [0.15, 0.2) is 0 Å². The van der Waals surface area contributed by atoms with E-state index in [0.29, 0.717) is 13.0 Å². The van der Waals surface area contributed by atoms with E-state index in [1.165, 1.54) is 4.90 Å². The normalized spacial score (nSPS) is 15.7. The minimum absolute atomic E-state index is 0.0179. The summed E-state index contributed by atoms with van der Waals surface area (Å²) in [5, 5.41) is 3.27. The molecule has 5 nitrogen and oxygen atoms in total. The van der Waals surface area contributed by atoms with Crippen molar-refractivity contribution in [2.24, 2.45) is 0 Å². The molecule has 1 saturated heterocycles. The number of hydrogen-bond acceptors (Lipinski definition) is 3. The first-order chi connectivity index (χ1) is 8.79. The summed E-state index contributed by atoms with van der Waals surface area (Å²) in [4.78, 5) is 27.2. The Morgan fingerprint density at radius 2 is 1.79 bits per heavy atom. The molecule has 0 spiro atoms. The zero-order valence-corrected chi connectivity index (χ0v) is 12.7. The molecule has 1 aliphatic rings. The quantitative estimate of drug-likeness (QED) is 0.805. The van der Waals surface area contributed by atoms with Crippen molar-refractivity contribution in [1.29, 1.82) is 0 Å². The van der Waals surface area contributed by atoms with Gasteiger partial charge in [0.2, 0.25) is 11.8 Å². The van der Waals surface area contributed by atoms with Gasteiger partial charge in [-0.2, -0.15) is 0 Å². The molecule has 1 aliphatic heterocycles. The SMILES string of the molecule is CN(CC(=O)N1CCCC1)C(=O)CCNC(C)(C)C. The highest BCUT2D eigenvalue weighted by molar-refractivity contribution is 5.84. The Kier molecular flexibility index (Phi) is 5.79. The van der Waals surface area contributed by atoms with Crippen LogP contribution < -0.4 is 5.32 Å². The minimum atomic E-state index is 0.0179. The van der Waals surface area contributed by atoms with Crippen LogP contribution in [-0.4, -0.2) is 60.4 Å². The van der Waals surface area contributed by atoms with E-state index in [2.05, 4.69) is 26.1 Å². The number of nitrogens with one attached hydrogen (secondary N) is 1. The maximum Gasteiger partial charge on any atom is 0.242 e. The van der Waals surface area contributed by atoms with Crippen molar-refractivity contribution in [2.75, 3.05) is 33.2 Å². The lowest BCUT2D eigenvalue weighted by Crippen LogP contribution is -2.42. The predicted molar refractivity (Wildman–Crippen MR) is 75.8 cm³/mol. The van der Waals surface area contributed by atoms with Crippen LogP contribution in [0.25, 0.3) is 0 Å². The highest BCUT2D eigenvalue weighted by atomic mass is 16.2. The zero-order chi connectivity index (χ0) is 14.5. The summed E-state index contributed by atoms with van der Waals surface area (Å²) in [5.41, 5.74) is 0.0181. The van der Waals surface area contributed by atoms with Crippen LogP contribution >= 0.6 is 0 Å². The number of hydrogen-bond donors (Lipinski definition) is 1. The summed E-state index contributed by atoms with van der Waals surface area (Å²) in [6.45, 7) is 8.73. The number of likely N-dealkylation sites (tertiary alicyclic amines) is 1. The van der Waals surface area contributed by atoms with Crippen LogP contribution in [0.3, 0.4) is 0 Å². The maximum atomic E-state index is 11.9. The average Bonchev–Trinajstić information content (AvgIpc) is 2.80. The van der Waals surface area contributed by atoms with Crippen LogP contribution in [0.4, 0.5) is 0 Å². The number of rotatable bonds is 5. The third-order valence-corrected chi connectivity index (χ3v) is 3.25. The zero-order valence-electron chi connectivity index (χ0n) is 12.7. The second kappa shape index (κ2) is 6.89. The molecule has 0 aromatic heterocycles. The molecular formula is C14H27N3O2. The van der Waals surface area contributed by atoms with Gasteiger partial charge in [-0.15, -0.1) is 0 Å². The van der Waals surface area contributed by atoms with Crippen LogP contribution in [0.1, 0.15) is 40.0 Å². The first-order valence-corrected chi connectivity index (χ1v) is 7.06. The van der Waals surface area contributed by atoms with Gasteiger partial charge in [-0.3, -0.25) is 9.59 Å². The summed E-state index contributed by atoms with van der Waals surface area (Å²) in [7, 11) is 1.70. The molecule has 5 heteroatoms. The molecule has 1 heterocycles. The average molecular weight is 269 g/mol. The third-order valence-electron chi connectivity index (χ3n) is 3.25. The molecule has 0 aromatic rings. The van der Waals surface area contributed by atoms with Gasteiger partial charge in [0.25, 0.3) is 0 Å². The minimum Gasteiger partial charge on any atom is -0.341 e. The first-order valence-electron chi connectivity index (χ1n) is 7.06. The molecule has 1 rings (SSSR count). The van der Waals surface area contributed by atoms with Crippen molar-refractivity contribution in [3.05, 3.63) is 0 Å². The van der Waals surface area contributed by atoms with E-state index in [9.17, 15) is 9.59 Å². The maximum absolute atomic E-state index is 11.9. The fourth-order valence-electron chi connectivity index (χ4n) is 2.09. The number of nitrogens with zero attached hydrogens (tertiary/aromatic N) is 2. The van der Waals surface area contributed by atoms with Gasteiger partial charge in [-0.1, -0.05) is 0 Å². The van der Waals surface area contributed by atoms with Crippen molar-refractivity contribution in [2.45, 2.75) is 45.6 Å². The lowest BCUT2D eigenvalue weighted by Gasteiger charge is -2.23. The molecule has 0 radical (unpaired) electrons. The molecule has 2 amide bonds. The van der Waals surface area contributed by atoms with Gasteiger partial charge in [0.05, 0.1) is 6.54 Å². The number of likely N-dealkylation sites (N-methyl/N-ethyl adjacent to an activating group) is 1. The Morgan fingerprint density at radius 1 is 1.21 bits per heavy atom. The van der Waals surface area contributed by atoms with Gasteiger partial charge in [0.15, 0.2) is 0 Å². The summed E-state index contributed by atoms with van der Waals surface area (Å²) in [6, 6.07) is 0. The Labute approximate surface area is 116 Å². The van der Waals surface area contributed by atoms with Crippen LogP contribution in [0.5, 0.6) is 0 Å². The molecule has 1 fully saturated rings. The molecule has 1 N–H and O–H groups in total. The first kappa shape index (κ1) is 16.0. The van der Waals surface area contributed by atoms with E-state index in [4.69, 9.17) is 0 Å². The molecule has 0 saturated carbocycles. The number of carbonyl (C=O) groups is 2. The fraction of sp³-hybridized carbons (Fsp3) is 0.857. The summed E-state index contributed by atoms with van der Waals surface area (Å²) in [6.07, 6.45) is 2.60. The number of amides is 2. The molecule has 0 aromatic carbocycles. The van der Waals surface area contributed by atoms with Gasteiger partial charge in [-0.05, 0) is 33.6 Å². The van der Waals surface area contributed by atoms with Gasteiger partial charge < -0.3 is 15.1 Å². The monoisotopic (exact) mass is 269 g/mol. The molecule has 0 atom stereocenters. The second-order valence-corrected chi connectivity index (χ2v) is 6.26. The highest BCUT2D eigenvalue weighted by Crippen LogP contribution is 2.08. The van der Waals surface area contributed by atoms with Crippen molar-refractivity contribution >= 4 is 11.8 Å². The van der Waals surface area contributed by atoms with Crippen LogP contribution in [-0.2, 0) is 9.59 Å². The van der Waals surface area contributed by atoms with Crippen molar-refractivity contribution in [1.82, 2.24) is 15.1 Å². The lowest BCUT2D eigenvalue weighted by atomic mass is 10.1. The van der Waals surface area contributed by atoms with Crippen LogP contribution in [0.2, 0.25) is 0 Å². The highest BCUT2D eigenvalue weighted by Gasteiger charge is 2.21. The lowest BCUT2D eigenvalue weighted by molar-refractivity contribution is -0.138.